The second-order valence-electron chi connectivity index (χ2n) is 5.93. The monoisotopic (exact) mass is 288 g/mol. The van der Waals surface area contributed by atoms with Crippen LogP contribution in [0.3, 0.4) is 0 Å². The minimum atomic E-state index is -0.757. The predicted molar refractivity (Wildman–Crippen MR) is 79.1 cm³/mol. The largest absolute Gasteiger partial charge is 0.481 e. The zero-order valence-electron chi connectivity index (χ0n) is 11.9. The lowest BCUT2D eigenvalue weighted by atomic mass is 10.0. The molecule has 2 aliphatic rings. The van der Waals surface area contributed by atoms with E-state index < -0.39 is 5.97 Å². The van der Waals surface area contributed by atoms with Crippen molar-refractivity contribution in [2.24, 2.45) is 5.92 Å². The Morgan fingerprint density at radius 3 is 2.90 bits per heavy atom. The quantitative estimate of drug-likeness (QED) is 0.885. The SMILES string of the molecule is O=C(O)CCC1CCN(C(=O)[C@@H]2Cc3ccccc3N2)C1. The van der Waals surface area contributed by atoms with Crippen molar-refractivity contribution in [3.05, 3.63) is 29.8 Å². The number of anilines is 1. The van der Waals surface area contributed by atoms with Gasteiger partial charge in [-0.05, 0) is 30.4 Å². The summed E-state index contributed by atoms with van der Waals surface area (Å²) < 4.78 is 0. The molecule has 1 aromatic rings. The van der Waals surface area contributed by atoms with E-state index >= 15 is 0 Å². The van der Waals surface area contributed by atoms with Gasteiger partial charge in [0.25, 0.3) is 0 Å². The van der Waals surface area contributed by atoms with Gasteiger partial charge in [0.05, 0.1) is 0 Å². The minimum absolute atomic E-state index is 0.143. The third kappa shape index (κ3) is 3.01. The van der Waals surface area contributed by atoms with Crippen molar-refractivity contribution in [2.75, 3.05) is 18.4 Å². The van der Waals surface area contributed by atoms with Gasteiger partial charge in [0.1, 0.15) is 6.04 Å². The van der Waals surface area contributed by atoms with Gasteiger partial charge in [0.2, 0.25) is 5.91 Å². The third-order valence-corrected chi connectivity index (χ3v) is 4.43. The number of fused-ring (bicyclic) bond motifs is 1. The summed E-state index contributed by atoms with van der Waals surface area (Å²) in [6.45, 7) is 1.44. The fourth-order valence-electron chi connectivity index (χ4n) is 3.26. The zero-order chi connectivity index (χ0) is 14.8. The summed E-state index contributed by atoms with van der Waals surface area (Å²) in [5.41, 5.74) is 2.25. The number of amides is 1. The van der Waals surface area contributed by atoms with Crippen LogP contribution < -0.4 is 5.32 Å². The van der Waals surface area contributed by atoms with Crippen LogP contribution >= 0.6 is 0 Å². The molecular weight excluding hydrogens is 268 g/mol. The number of nitrogens with zero attached hydrogens (tertiary/aromatic N) is 1. The molecule has 21 heavy (non-hydrogen) atoms. The maximum absolute atomic E-state index is 12.5. The molecule has 0 spiro atoms. The van der Waals surface area contributed by atoms with Gasteiger partial charge in [0, 0.05) is 31.6 Å². The molecule has 1 saturated heterocycles. The number of benzene rings is 1. The first-order chi connectivity index (χ1) is 10.1. The van der Waals surface area contributed by atoms with E-state index in [1.165, 1.54) is 5.56 Å². The summed E-state index contributed by atoms with van der Waals surface area (Å²) in [6.07, 6.45) is 2.52. The molecule has 0 radical (unpaired) electrons. The Hall–Kier alpha value is -2.04. The van der Waals surface area contributed by atoms with Crippen LogP contribution in [0.15, 0.2) is 24.3 Å². The molecule has 2 heterocycles. The average Bonchev–Trinajstić information content (AvgIpc) is 3.11. The van der Waals surface area contributed by atoms with E-state index in [1.807, 2.05) is 23.1 Å². The lowest BCUT2D eigenvalue weighted by Crippen LogP contribution is -2.40. The van der Waals surface area contributed by atoms with Crippen molar-refractivity contribution in [2.45, 2.75) is 31.7 Å². The molecule has 2 aliphatic heterocycles. The summed E-state index contributed by atoms with van der Waals surface area (Å²) in [4.78, 5) is 25.0. The smallest absolute Gasteiger partial charge is 0.303 e. The summed E-state index contributed by atoms with van der Waals surface area (Å²) in [6, 6.07) is 7.85. The number of rotatable bonds is 4. The fraction of sp³-hybridized carbons (Fsp3) is 0.500. The Morgan fingerprint density at radius 1 is 1.33 bits per heavy atom. The number of aliphatic carboxylic acids is 1. The molecule has 5 heteroatoms. The molecule has 0 aliphatic carbocycles. The molecular formula is C16H20N2O3. The normalized spacial score (nSPS) is 23.7. The lowest BCUT2D eigenvalue weighted by Gasteiger charge is -2.21. The van der Waals surface area contributed by atoms with Crippen LogP contribution in [0, 0.1) is 5.92 Å². The second-order valence-corrected chi connectivity index (χ2v) is 5.93. The predicted octanol–water partition coefficient (Wildman–Crippen LogP) is 1.74. The van der Waals surface area contributed by atoms with Gasteiger partial charge in [-0.15, -0.1) is 0 Å². The number of likely N-dealkylation sites (tertiary alicyclic amines) is 1. The highest BCUT2D eigenvalue weighted by molar-refractivity contribution is 5.87. The van der Waals surface area contributed by atoms with Gasteiger partial charge in [0.15, 0.2) is 0 Å². The van der Waals surface area contributed by atoms with Crippen LogP contribution in [0.25, 0.3) is 0 Å². The molecule has 1 fully saturated rings. The van der Waals surface area contributed by atoms with Crippen LogP contribution in [-0.4, -0.2) is 41.0 Å². The molecule has 0 saturated carbocycles. The maximum Gasteiger partial charge on any atom is 0.303 e. The summed E-state index contributed by atoms with van der Waals surface area (Å²) in [5.74, 6) is -0.287. The van der Waals surface area contributed by atoms with E-state index in [4.69, 9.17) is 5.11 Å². The Morgan fingerprint density at radius 2 is 2.14 bits per heavy atom. The van der Waals surface area contributed by atoms with Crippen LogP contribution in [-0.2, 0) is 16.0 Å². The number of hydrogen-bond acceptors (Lipinski definition) is 3. The summed E-state index contributed by atoms with van der Waals surface area (Å²) in [7, 11) is 0. The number of carboxylic acids is 1. The second kappa shape index (κ2) is 5.76. The summed E-state index contributed by atoms with van der Waals surface area (Å²) >= 11 is 0. The van der Waals surface area contributed by atoms with Crippen molar-refractivity contribution in [1.82, 2.24) is 4.90 Å². The Bertz CT molecular complexity index is 533. The van der Waals surface area contributed by atoms with Crippen LogP contribution in [0.4, 0.5) is 5.69 Å². The van der Waals surface area contributed by atoms with Crippen molar-refractivity contribution in [1.29, 1.82) is 0 Å². The number of hydrogen-bond donors (Lipinski definition) is 2. The number of carboxylic acid groups (broad SMARTS) is 1. The molecule has 0 aromatic heterocycles. The Kier molecular flexibility index (Phi) is 3.82. The first kappa shape index (κ1) is 13.9. The van der Waals surface area contributed by atoms with E-state index in [0.29, 0.717) is 18.9 Å². The maximum atomic E-state index is 12.5. The Balaban J connectivity index is 1.55. The summed E-state index contributed by atoms with van der Waals surface area (Å²) in [5, 5.41) is 12.0. The molecule has 5 nitrogen and oxygen atoms in total. The van der Waals surface area contributed by atoms with Gasteiger partial charge in [-0.2, -0.15) is 0 Å². The zero-order valence-corrected chi connectivity index (χ0v) is 11.9. The molecule has 112 valence electrons. The molecule has 1 unspecified atom stereocenters. The average molecular weight is 288 g/mol. The van der Waals surface area contributed by atoms with Gasteiger partial charge >= 0.3 is 5.97 Å². The lowest BCUT2D eigenvalue weighted by molar-refractivity contribution is -0.137. The first-order valence-electron chi connectivity index (χ1n) is 7.48. The highest BCUT2D eigenvalue weighted by Crippen LogP contribution is 2.28. The van der Waals surface area contributed by atoms with Crippen LogP contribution in [0.2, 0.25) is 0 Å². The highest BCUT2D eigenvalue weighted by atomic mass is 16.4. The van der Waals surface area contributed by atoms with Gasteiger partial charge < -0.3 is 15.3 Å². The van der Waals surface area contributed by atoms with E-state index in [1.54, 1.807) is 0 Å². The molecule has 2 atom stereocenters. The first-order valence-corrected chi connectivity index (χ1v) is 7.48. The fourth-order valence-corrected chi connectivity index (χ4v) is 3.26. The van der Waals surface area contributed by atoms with Gasteiger partial charge in [-0.1, -0.05) is 18.2 Å². The molecule has 0 bridgehead atoms. The number of nitrogens with one attached hydrogen (secondary N) is 1. The highest BCUT2D eigenvalue weighted by Gasteiger charge is 2.33. The third-order valence-electron chi connectivity index (χ3n) is 4.43. The van der Waals surface area contributed by atoms with Gasteiger partial charge in [-0.3, -0.25) is 9.59 Å². The number of carbonyl (C=O) groups excluding carboxylic acids is 1. The molecule has 1 aromatic carbocycles. The van der Waals surface area contributed by atoms with E-state index in [-0.39, 0.29) is 18.4 Å². The van der Waals surface area contributed by atoms with E-state index in [2.05, 4.69) is 11.4 Å². The molecule has 1 amide bonds. The minimum Gasteiger partial charge on any atom is -0.481 e. The topological polar surface area (TPSA) is 69.6 Å². The van der Waals surface area contributed by atoms with Crippen LogP contribution in [0.1, 0.15) is 24.8 Å². The van der Waals surface area contributed by atoms with Crippen molar-refractivity contribution in [3.63, 3.8) is 0 Å². The van der Waals surface area contributed by atoms with E-state index in [0.717, 1.165) is 25.1 Å². The number of carbonyl (C=O) groups is 2. The molecule has 2 N–H and O–H groups in total. The standard InChI is InChI=1S/C16H20N2O3/c19-15(20)6-5-11-7-8-18(10-11)16(21)14-9-12-3-1-2-4-13(12)17-14/h1-4,11,14,17H,5-10H2,(H,19,20)/t11?,14-/m0/s1. The van der Waals surface area contributed by atoms with Crippen molar-refractivity contribution in [3.8, 4) is 0 Å². The van der Waals surface area contributed by atoms with Gasteiger partial charge in [-0.25, -0.2) is 0 Å². The van der Waals surface area contributed by atoms with E-state index in [9.17, 15) is 9.59 Å². The number of para-hydroxylation sites is 1. The van der Waals surface area contributed by atoms with Crippen molar-refractivity contribution >= 4 is 17.6 Å². The molecule has 3 rings (SSSR count). The van der Waals surface area contributed by atoms with Crippen molar-refractivity contribution < 1.29 is 14.7 Å². The van der Waals surface area contributed by atoms with Crippen LogP contribution in [0.5, 0.6) is 0 Å². The Labute approximate surface area is 123 Å².